The summed E-state index contributed by atoms with van der Waals surface area (Å²) in [5.41, 5.74) is 1.28. The average Bonchev–Trinajstić information content (AvgIpc) is 2.48. The topological polar surface area (TPSA) is 24.9 Å². The number of hydrogen-bond acceptors (Lipinski definition) is 3. The molecule has 1 aromatic carbocycles. The molecule has 1 aromatic heterocycles. The van der Waals surface area contributed by atoms with Crippen molar-refractivity contribution in [3.05, 3.63) is 60.2 Å². The maximum Gasteiger partial charge on any atom is 0.123 e. The van der Waals surface area contributed by atoms with Crippen molar-refractivity contribution in [2.24, 2.45) is 0 Å². The van der Waals surface area contributed by atoms with Gasteiger partial charge in [-0.25, -0.2) is 4.39 Å². The first-order valence-electron chi connectivity index (χ1n) is 6.78. The quantitative estimate of drug-likeness (QED) is 0.790. The van der Waals surface area contributed by atoms with E-state index in [9.17, 15) is 4.39 Å². The van der Waals surface area contributed by atoms with E-state index in [1.54, 1.807) is 11.8 Å². The molecule has 1 unspecified atom stereocenters. The predicted molar refractivity (Wildman–Crippen MR) is 82.5 cm³/mol. The van der Waals surface area contributed by atoms with Crippen molar-refractivity contribution in [1.29, 1.82) is 0 Å². The Kier molecular flexibility index (Phi) is 6.02. The van der Waals surface area contributed by atoms with Gasteiger partial charge in [0.2, 0.25) is 0 Å². The largest absolute Gasteiger partial charge is 0.313 e. The van der Waals surface area contributed by atoms with Gasteiger partial charge in [0.05, 0.1) is 0 Å². The minimum absolute atomic E-state index is 0.186. The summed E-state index contributed by atoms with van der Waals surface area (Å²) in [5, 5.41) is 3.50. The lowest BCUT2D eigenvalue weighted by Gasteiger charge is -2.17. The molecule has 0 aliphatic rings. The second-order valence-electron chi connectivity index (χ2n) is 4.58. The van der Waals surface area contributed by atoms with Crippen molar-refractivity contribution < 1.29 is 4.39 Å². The lowest BCUT2D eigenvalue weighted by molar-refractivity contribution is 0.572. The number of hydrogen-bond donors (Lipinski definition) is 1. The highest BCUT2D eigenvalue weighted by Gasteiger charge is 2.09. The zero-order chi connectivity index (χ0) is 14.2. The number of nitrogens with one attached hydrogen (secondary N) is 1. The molecule has 0 saturated carbocycles. The molecular weight excluding hydrogens is 271 g/mol. The first-order chi connectivity index (χ1) is 9.78. The van der Waals surface area contributed by atoms with Crippen LogP contribution in [0.3, 0.4) is 0 Å². The minimum atomic E-state index is -0.186. The number of benzene rings is 1. The highest BCUT2D eigenvalue weighted by atomic mass is 32.2. The van der Waals surface area contributed by atoms with E-state index in [0.29, 0.717) is 6.04 Å². The predicted octanol–water partition coefficient (Wildman–Crippen LogP) is 3.53. The number of nitrogens with zero attached hydrogens (tertiary/aromatic N) is 1. The van der Waals surface area contributed by atoms with Crippen LogP contribution < -0.4 is 5.32 Å². The van der Waals surface area contributed by atoms with Crippen molar-refractivity contribution >= 4 is 11.8 Å². The fraction of sp³-hybridized carbons (Fsp3) is 0.312. The third kappa shape index (κ3) is 4.94. The maximum atomic E-state index is 12.9. The van der Waals surface area contributed by atoms with E-state index in [0.717, 1.165) is 23.6 Å². The van der Waals surface area contributed by atoms with E-state index in [1.165, 1.54) is 17.7 Å². The third-order valence-corrected chi connectivity index (χ3v) is 4.16. The fourth-order valence-corrected chi connectivity index (χ4v) is 2.97. The molecule has 106 valence electrons. The van der Waals surface area contributed by atoms with E-state index in [4.69, 9.17) is 0 Å². The summed E-state index contributed by atoms with van der Waals surface area (Å²) < 4.78 is 12.9. The van der Waals surface area contributed by atoms with Gasteiger partial charge < -0.3 is 5.32 Å². The molecule has 0 bridgehead atoms. The standard InChI is InChI=1S/C16H19FN2S/c1-2-19-15(11-13-7-9-18-10-8-13)12-20-16-5-3-14(17)4-6-16/h3-10,15,19H,2,11-12H2,1H3. The van der Waals surface area contributed by atoms with Crippen LogP contribution in [0.15, 0.2) is 53.7 Å². The summed E-state index contributed by atoms with van der Waals surface area (Å²) in [4.78, 5) is 5.14. The molecule has 2 aromatic rings. The maximum absolute atomic E-state index is 12.9. The summed E-state index contributed by atoms with van der Waals surface area (Å²) in [6.07, 6.45) is 4.63. The number of thioether (sulfide) groups is 1. The van der Waals surface area contributed by atoms with Crippen LogP contribution in [0.4, 0.5) is 4.39 Å². The monoisotopic (exact) mass is 290 g/mol. The van der Waals surface area contributed by atoms with Crippen LogP contribution >= 0.6 is 11.8 Å². The highest BCUT2D eigenvalue weighted by Crippen LogP contribution is 2.20. The van der Waals surface area contributed by atoms with Crippen molar-refractivity contribution in [3.8, 4) is 0 Å². The van der Waals surface area contributed by atoms with E-state index < -0.39 is 0 Å². The van der Waals surface area contributed by atoms with Crippen molar-refractivity contribution in [2.75, 3.05) is 12.3 Å². The Labute approximate surface area is 123 Å². The highest BCUT2D eigenvalue weighted by molar-refractivity contribution is 7.99. The Morgan fingerprint density at radius 3 is 2.50 bits per heavy atom. The molecule has 2 nitrogen and oxygen atoms in total. The number of aromatic nitrogens is 1. The Morgan fingerprint density at radius 1 is 1.15 bits per heavy atom. The molecule has 20 heavy (non-hydrogen) atoms. The molecule has 0 saturated heterocycles. The molecule has 1 atom stereocenters. The molecule has 1 N–H and O–H groups in total. The molecule has 0 aliphatic carbocycles. The Bertz CT molecular complexity index is 502. The fourth-order valence-electron chi connectivity index (χ4n) is 2.01. The lowest BCUT2D eigenvalue weighted by atomic mass is 10.1. The molecular formula is C16H19FN2S. The van der Waals surface area contributed by atoms with Gasteiger partial charge in [0, 0.05) is 29.1 Å². The van der Waals surface area contributed by atoms with Gasteiger partial charge in [0.15, 0.2) is 0 Å². The zero-order valence-electron chi connectivity index (χ0n) is 11.6. The van der Waals surface area contributed by atoms with Gasteiger partial charge in [-0.3, -0.25) is 4.98 Å². The van der Waals surface area contributed by atoms with Gasteiger partial charge in [-0.15, -0.1) is 11.8 Å². The van der Waals surface area contributed by atoms with Crippen LogP contribution in [-0.4, -0.2) is 23.3 Å². The van der Waals surface area contributed by atoms with E-state index in [2.05, 4.69) is 17.2 Å². The zero-order valence-corrected chi connectivity index (χ0v) is 12.4. The van der Waals surface area contributed by atoms with Crippen LogP contribution in [0.5, 0.6) is 0 Å². The van der Waals surface area contributed by atoms with Gasteiger partial charge in [0.25, 0.3) is 0 Å². The molecule has 0 amide bonds. The Hall–Kier alpha value is -1.39. The molecule has 0 fully saturated rings. The van der Waals surface area contributed by atoms with Crippen LogP contribution in [0, 0.1) is 5.82 Å². The Balaban J connectivity index is 1.90. The van der Waals surface area contributed by atoms with Gasteiger partial charge in [-0.1, -0.05) is 6.92 Å². The molecule has 0 spiro atoms. The van der Waals surface area contributed by atoms with Crippen molar-refractivity contribution in [2.45, 2.75) is 24.3 Å². The number of pyridine rings is 1. The smallest absolute Gasteiger partial charge is 0.123 e. The molecule has 1 heterocycles. The third-order valence-electron chi connectivity index (χ3n) is 2.99. The van der Waals surface area contributed by atoms with Gasteiger partial charge in [-0.2, -0.15) is 0 Å². The van der Waals surface area contributed by atoms with E-state index in [1.807, 2.05) is 36.7 Å². The Morgan fingerprint density at radius 2 is 1.85 bits per heavy atom. The second kappa shape index (κ2) is 8.02. The number of likely N-dealkylation sites (N-methyl/N-ethyl adjacent to an activating group) is 1. The van der Waals surface area contributed by atoms with Crippen LogP contribution in [-0.2, 0) is 6.42 Å². The van der Waals surface area contributed by atoms with Crippen LogP contribution in [0.1, 0.15) is 12.5 Å². The molecule has 0 radical (unpaired) electrons. The molecule has 4 heteroatoms. The summed E-state index contributed by atoms with van der Waals surface area (Å²) in [5.74, 6) is 0.774. The minimum Gasteiger partial charge on any atom is -0.313 e. The second-order valence-corrected chi connectivity index (χ2v) is 5.67. The summed E-state index contributed by atoms with van der Waals surface area (Å²) >= 11 is 1.75. The van der Waals surface area contributed by atoms with Gasteiger partial charge in [0.1, 0.15) is 5.82 Å². The summed E-state index contributed by atoms with van der Waals surface area (Å²) in [6, 6.07) is 11.2. The average molecular weight is 290 g/mol. The summed E-state index contributed by atoms with van der Waals surface area (Å²) in [6.45, 7) is 3.06. The molecule has 0 aliphatic heterocycles. The van der Waals surface area contributed by atoms with Crippen LogP contribution in [0.25, 0.3) is 0 Å². The number of rotatable bonds is 7. The first-order valence-corrected chi connectivity index (χ1v) is 7.77. The number of halogens is 1. The van der Waals surface area contributed by atoms with Crippen molar-refractivity contribution in [3.63, 3.8) is 0 Å². The van der Waals surface area contributed by atoms with Gasteiger partial charge in [-0.05, 0) is 54.9 Å². The van der Waals surface area contributed by atoms with Gasteiger partial charge >= 0.3 is 0 Å². The molecule has 2 rings (SSSR count). The normalized spacial score (nSPS) is 12.3. The first kappa shape index (κ1) is 15.0. The van der Waals surface area contributed by atoms with E-state index in [-0.39, 0.29) is 5.82 Å². The summed E-state index contributed by atoms with van der Waals surface area (Å²) in [7, 11) is 0. The van der Waals surface area contributed by atoms with E-state index >= 15 is 0 Å². The van der Waals surface area contributed by atoms with Crippen LogP contribution in [0.2, 0.25) is 0 Å². The van der Waals surface area contributed by atoms with Crippen molar-refractivity contribution in [1.82, 2.24) is 10.3 Å². The SMILES string of the molecule is CCNC(CSc1ccc(F)cc1)Cc1ccncc1. The lowest BCUT2D eigenvalue weighted by Crippen LogP contribution is -2.33.